The van der Waals surface area contributed by atoms with Crippen LogP contribution in [0.25, 0.3) is 0 Å². The zero-order valence-electron chi connectivity index (χ0n) is 19.5. The summed E-state index contributed by atoms with van der Waals surface area (Å²) >= 11 is 7.25. The van der Waals surface area contributed by atoms with Crippen molar-refractivity contribution in [1.82, 2.24) is 20.4 Å². The van der Waals surface area contributed by atoms with Gasteiger partial charge in [0.15, 0.2) is 5.11 Å². The predicted octanol–water partition coefficient (Wildman–Crippen LogP) is 1.11. The van der Waals surface area contributed by atoms with Gasteiger partial charge in [0.25, 0.3) is 0 Å². The van der Waals surface area contributed by atoms with E-state index >= 15 is 0 Å². The Morgan fingerprint density at radius 1 is 1.25 bits per heavy atom. The van der Waals surface area contributed by atoms with Crippen LogP contribution in [-0.4, -0.2) is 95.4 Å². The Morgan fingerprint density at radius 3 is 2.47 bits per heavy atom. The number of likely N-dealkylation sites (tertiary alicyclic amines) is 1. The summed E-state index contributed by atoms with van der Waals surface area (Å²) in [4.78, 5) is 40.7. The summed E-state index contributed by atoms with van der Waals surface area (Å²) < 4.78 is 10.1. The molecule has 1 amide bonds. The maximum atomic E-state index is 13.1. The number of carbonyl (C=O) groups is 3. The topological polar surface area (TPSA) is 100 Å². The third-order valence-electron chi connectivity index (χ3n) is 5.75. The summed E-state index contributed by atoms with van der Waals surface area (Å²) in [5.41, 5.74) is -0.574. The van der Waals surface area contributed by atoms with Crippen molar-refractivity contribution in [1.29, 1.82) is 0 Å². The van der Waals surface area contributed by atoms with Crippen LogP contribution >= 0.6 is 24.0 Å². The highest BCUT2D eigenvalue weighted by Gasteiger charge is 2.52. The highest BCUT2D eigenvalue weighted by Crippen LogP contribution is 2.33. The van der Waals surface area contributed by atoms with Crippen molar-refractivity contribution in [3.05, 3.63) is 0 Å². The molecule has 0 aliphatic carbocycles. The molecule has 2 fully saturated rings. The number of nitrogens with one attached hydrogen (secondary N) is 2. The number of carbonyl (C=O) groups excluding carboxylic acids is 3. The van der Waals surface area contributed by atoms with Crippen LogP contribution in [0.15, 0.2) is 0 Å². The normalized spacial score (nSPS) is 20.9. The molecule has 0 aromatic rings. The van der Waals surface area contributed by atoms with E-state index in [9.17, 15) is 14.4 Å². The molecule has 2 unspecified atom stereocenters. The lowest BCUT2D eigenvalue weighted by Crippen LogP contribution is -2.61. The Morgan fingerprint density at radius 2 is 1.88 bits per heavy atom. The fourth-order valence-corrected chi connectivity index (χ4v) is 5.03. The first kappa shape index (κ1) is 26.7. The maximum absolute atomic E-state index is 13.1. The number of thioether (sulfide) groups is 1. The molecule has 2 aliphatic rings. The van der Waals surface area contributed by atoms with Crippen molar-refractivity contribution in [3.63, 3.8) is 0 Å². The van der Waals surface area contributed by atoms with Gasteiger partial charge in [0.1, 0.15) is 6.54 Å². The van der Waals surface area contributed by atoms with E-state index in [4.69, 9.17) is 21.7 Å². The lowest BCUT2D eigenvalue weighted by molar-refractivity contribution is -0.151. The number of esters is 2. The van der Waals surface area contributed by atoms with Gasteiger partial charge in [0.2, 0.25) is 5.91 Å². The van der Waals surface area contributed by atoms with Gasteiger partial charge in [-0.15, -0.1) is 0 Å². The van der Waals surface area contributed by atoms with Gasteiger partial charge in [-0.2, -0.15) is 11.8 Å². The molecule has 2 rings (SSSR count). The summed E-state index contributed by atoms with van der Waals surface area (Å²) in [5, 5.41) is 7.32. The second kappa shape index (κ2) is 12.6. The van der Waals surface area contributed by atoms with Gasteiger partial charge in [0, 0.05) is 32.0 Å². The highest BCUT2D eigenvalue weighted by atomic mass is 32.2. The molecular weight excluding hydrogens is 452 g/mol. The van der Waals surface area contributed by atoms with E-state index in [-0.39, 0.29) is 49.5 Å². The number of thiocarbonyl (C=S) groups is 1. The number of hydrogen-bond donors (Lipinski definition) is 2. The van der Waals surface area contributed by atoms with Crippen molar-refractivity contribution in [3.8, 4) is 0 Å². The quantitative estimate of drug-likeness (QED) is 0.344. The van der Waals surface area contributed by atoms with Gasteiger partial charge >= 0.3 is 11.9 Å². The van der Waals surface area contributed by atoms with E-state index in [1.807, 2.05) is 18.1 Å². The lowest BCUT2D eigenvalue weighted by Gasteiger charge is -2.45. The van der Waals surface area contributed by atoms with E-state index in [1.54, 1.807) is 30.5 Å². The minimum absolute atomic E-state index is 0.0377. The lowest BCUT2D eigenvalue weighted by atomic mass is 9.96. The van der Waals surface area contributed by atoms with E-state index in [2.05, 4.69) is 10.6 Å². The van der Waals surface area contributed by atoms with Crippen LogP contribution in [0.4, 0.5) is 0 Å². The molecule has 0 bridgehead atoms. The van der Waals surface area contributed by atoms with Crippen molar-refractivity contribution in [2.75, 3.05) is 44.9 Å². The molecule has 32 heavy (non-hydrogen) atoms. The average molecular weight is 489 g/mol. The van der Waals surface area contributed by atoms with Crippen LogP contribution in [0.5, 0.6) is 0 Å². The average Bonchev–Trinajstić information content (AvgIpc) is 2.98. The predicted molar refractivity (Wildman–Crippen MR) is 128 cm³/mol. The second-order valence-corrected chi connectivity index (χ2v) is 9.46. The zero-order valence-corrected chi connectivity index (χ0v) is 21.1. The van der Waals surface area contributed by atoms with Gasteiger partial charge in [-0.3, -0.25) is 19.7 Å². The first-order valence-corrected chi connectivity index (χ1v) is 13.0. The van der Waals surface area contributed by atoms with Crippen molar-refractivity contribution in [2.45, 2.75) is 64.2 Å². The molecular formula is C21H36N4O5S2. The van der Waals surface area contributed by atoms with Crippen LogP contribution in [-0.2, 0) is 23.9 Å². The Hall–Kier alpha value is -1.59. The largest absolute Gasteiger partial charge is 0.466 e. The van der Waals surface area contributed by atoms with E-state index in [0.29, 0.717) is 37.7 Å². The molecule has 2 heterocycles. The Bertz CT molecular complexity index is 685. The van der Waals surface area contributed by atoms with Crippen LogP contribution in [0.2, 0.25) is 0 Å². The minimum Gasteiger partial charge on any atom is -0.466 e. The molecule has 2 atom stereocenters. The van der Waals surface area contributed by atoms with Crippen LogP contribution in [0.1, 0.15) is 46.5 Å². The second-order valence-electron chi connectivity index (χ2n) is 8.09. The number of nitrogens with zero attached hydrogens (tertiary/aromatic N) is 2. The molecule has 0 radical (unpaired) electrons. The SMILES string of the molecule is CCOC(=O)CC(C)NC(=S)N1CCC2(CC1)NC(CCSC)C(=O)N2CC(=O)OCC. The molecule has 182 valence electrons. The molecule has 11 heteroatoms. The van der Waals surface area contributed by atoms with E-state index in [1.165, 1.54) is 0 Å². The molecule has 0 saturated carbocycles. The van der Waals surface area contributed by atoms with Gasteiger partial charge < -0.3 is 24.6 Å². The summed E-state index contributed by atoms with van der Waals surface area (Å²) in [5.74, 6) is 0.183. The Balaban J connectivity index is 2.00. The number of ether oxygens (including phenoxy) is 2. The number of hydrogen-bond acceptors (Lipinski definition) is 8. The molecule has 2 saturated heterocycles. The highest BCUT2D eigenvalue weighted by molar-refractivity contribution is 7.98. The van der Waals surface area contributed by atoms with Crippen molar-refractivity contribution < 1.29 is 23.9 Å². The van der Waals surface area contributed by atoms with Crippen LogP contribution < -0.4 is 10.6 Å². The summed E-state index contributed by atoms with van der Waals surface area (Å²) in [6.07, 6.45) is 4.26. The molecule has 2 N–H and O–H groups in total. The smallest absolute Gasteiger partial charge is 0.325 e. The van der Waals surface area contributed by atoms with Gasteiger partial charge in [-0.25, -0.2) is 0 Å². The summed E-state index contributed by atoms with van der Waals surface area (Å²) in [7, 11) is 0. The van der Waals surface area contributed by atoms with Crippen LogP contribution in [0.3, 0.4) is 0 Å². The van der Waals surface area contributed by atoms with Gasteiger partial charge in [-0.1, -0.05) is 0 Å². The van der Waals surface area contributed by atoms with E-state index < -0.39 is 5.66 Å². The summed E-state index contributed by atoms with van der Waals surface area (Å²) in [6, 6.07) is -0.432. The third-order valence-corrected chi connectivity index (χ3v) is 6.77. The van der Waals surface area contributed by atoms with Crippen molar-refractivity contribution >= 4 is 46.9 Å². The van der Waals surface area contributed by atoms with Crippen molar-refractivity contribution in [2.24, 2.45) is 0 Å². The minimum atomic E-state index is -0.574. The fourth-order valence-electron chi connectivity index (χ4n) is 4.18. The Labute approximate surface area is 200 Å². The fraction of sp³-hybridized carbons (Fsp3) is 0.810. The molecule has 0 aromatic heterocycles. The number of amides is 1. The number of piperidine rings is 1. The van der Waals surface area contributed by atoms with Gasteiger partial charge in [-0.05, 0) is 51.4 Å². The maximum Gasteiger partial charge on any atom is 0.325 e. The molecule has 2 aliphatic heterocycles. The number of rotatable bonds is 10. The Kier molecular flexibility index (Phi) is 10.5. The van der Waals surface area contributed by atoms with E-state index in [0.717, 1.165) is 12.2 Å². The monoisotopic (exact) mass is 488 g/mol. The van der Waals surface area contributed by atoms with Gasteiger partial charge in [0.05, 0.1) is 31.3 Å². The standard InChI is InChI=1S/C21H36N4O5S2/c1-5-29-17(26)13-15(3)22-20(31)24-10-8-21(9-11-24)23-16(7-12-32-4)19(28)25(21)14-18(27)30-6-2/h15-16,23H,5-14H2,1-4H3,(H,22,31). The first-order chi connectivity index (χ1) is 15.3. The first-order valence-electron chi connectivity index (χ1n) is 11.2. The third kappa shape index (κ3) is 6.95. The molecule has 9 nitrogen and oxygen atoms in total. The zero-order chi connectivity index (χ0) is 23.7. The molecule has 0 aromatic carbocycles. The summed E-state index contributed by atoms with van der Waals surface area (Å²) in [6.45, 7) is 7.29. The van der Waals surface area contributed by atoms with Crippen LogP contribution in [0, 0.1) is 0 Å². The molecule has 1 spiro atoms.